The molecule has 2 atom stereocenters. The summed E-state index contributed by atoms with van der Waals surface area (Å²) in [5, 5.41) is 6.89. The first-order chi connectivity index (χ1) is 12.1. The molecule has 1 aromatic heterocycles. The molecule has 0 aliphatic heterocycles. The smallest absolute Gasteiger partial charge is 0.243 e. The van der Waals surface area contributed by atoms with Gasteiger partial charge in [0.05, 0.1) is 0 Å². The maximum atomic E-state index is 11.9. The van der Waals surface area contributed by atoms with Crippen LogP contribution in [0.4, 0.5) is 0 Å². The lowest BCUT2D eigenvalue weighted by atomic mass is 9.86. The summed E-state index contributed by atoms with van der Waals surface area (Å²) in [6.07, 6.45) is 7.59. The van der Waals surface area contributed by atoms with E-state index in [4.69, 9.17) is 0 Å². The number of guanidine groups is 1. The van der Waals surface area contributed by atoms with E-state index < -0.39 is 0 Å². The van der Waals surface area contributed by atoms with Crippen LogP contribution in [-0.4, -0.2) is 55.0 Å². The molecular weight excluding hydrogens is 314 g/mol. The van der Waals surface area contributed by atoms with Crippen molar-refractivity contribution in [2.24, 2.45) is 10.9 Å². The van der Waals surface area contributed by atoms with Crippen molar-refractivity contribution in [3.05, 3.63) is 30.1 Å². The zero-order valence-electron chi connectivity index (χ0n) is 15.7. The number of hydrogen-bond acceptors (Lipinski definition) is 3. The Bertz CT molecular complexity index is 558. The molecule has 1 heterocycles. The molecule has 0 bridgehead atoms. The Morgan fingerprint density at radius 2 is 2.12 bits per heavy atom. The number of carbonyl (C=O) groups excluding carboxylic acids is 1. The third-order valence-electron chi connectivity index (χ3n) is 4.70. The van der Waals surface area contributed by atoms with E-state index in [0.717, 1.165) is 31.0 Å². The van der Waals surface area contributed by atoms with Gasteiger partial charge < -0.3 is 15.5 Å². The highest BCUT2D eigenvalue weighted by Crippen LogP contribution is 2.23. The van der Waals surface area contributed by atoms with E-state index in [-0.39, 0.29) is 12.5 Å². The summed E-state index contributed by atoms with van der Waals surface area (Å²) in [7, 11) is 3.51. The van der Waals surface area contributed by atoms with Crippen molar-refractivity contribution in [3.8, 4) is 0 Å². The molecule has 2 N–H and O–H groups in total. The van der Waals surface area contributed by atoms with Crippen LogP contribution in [-0.2, 0) is 11.2 Å². The fourth-order valence-electron chi connectivity index (χ4n) is 3.00. The molecular formula is C19H31N5O. The predicted octanol–water partition coefficient (Wildman–Crippen LogP) is 1.83. The normalized spacial score (nSPS) is 20.8. The van der Waals surface area contributed by atoms with Gasteiger partial charge in [0, 0.05) is 45.0 Å². The summed E-state index contributed by atoms with van der Waals surface area (Å²) in [6.45, 7) is 3.18. The number of aromatic nitrogens is 1. The standard InChI is InChI=1S/C19H31N5O/c1-15-8-4-5-10-17(15)23-19(22-14-18(25)24(2)3)21-13-11-16-9-6-7-12-20-16/h6-7,9,12,15,17H,4-5,8,10-11,13-14H2,1-3H3,(H2,21,22,23). The number of amides is 1. The topological polar surface area (TPSA) is 69.6 Å². The molecule has 0 spiro atoms. The molecule has 1 amide bonds. The molecule has 1 aliphatic rings. The molecule has 2 rings (SSSR count). The first-order valence-corrected chi connectivity index (χ1v) is 9.21. The Morgan fingerprint density at radius 3 is 2.80 bits per heavy atom. The third kappa shape index (κ3) is 6.72. The van der Waals surface area contributed by atoms with Gasteiger partial charge in [-0.1, -0.05) is 25.8 Å². The third-order valence-corrected chi connectivity index (χ3v) is 4.70. The van der Waals surface area contributed by atoms with Crippen molar-refractivity contribution >= 4 is 11.9 Å². The summed E-state index contributed by atoms with van der Waals surface area (Å²) < 4.78 is 0. The second-order valence-electron chi connectivity index (χ2n) is 6.96. The van der Waals surface area contributed by atoms with Gasteiger partial charge in [-0.3, -0.25) is 9.78 Å². The second kappa shape index (κ2) is 10.0. The Labute approximate surface area is 151 Å². The predicted molar refractivity (Wildman–Crippen MR) is 101 cm³/mol. The molecule has 1 aliphatic carbocycles. The fraction of sp³-hybridized carbons (Fsp3) is 0.632. The van der Waals surface area contributed by atoms with Crippen molar-refractivity contribution in [3.63, 3.8) is 0 Å². The quantitative estimate of drug-likeness (QED) is 0.610. The maximum Gasteiger partial charge on any atom is 0.243 e. The Hall–Kier alpha value is -2.11. The minimum absolute atomic E-state index is 0.00233. The number of hydrogen-bond donors (Lipinski definition) is 2. The average molecular weight is 345 g/mol. The minimum Gasteiger partial charge on any atom is -0.356 e. The Balaban J connectivity index is 1.92. The van der Waals surface area contributed by atoms with Crippen molar-refractivity contribution in [2.75, 3.05) is 27.2 Å². The summed E-state index contributed by atoms with van der Waals surface area (Å²) in [5.74, 6) is 1.36. The Kier molecular flexibility index (Phi) is 7.70. The lowest BCUT2D eigenvalue weighted by Crippen LogP contribution is -2.48. The van der Waals surface area contributed by atoms with Gasteiger partial charge in [-0.15, -0.1) is 0 Å². The van der Waals surface area contributed by atoms with E-state index in [1.165, 1.54) is 19.3 Å². The lowest BCUT2D eigenvalue weighted by Gasteiger charge is -2.31. The van der Waals surface area contributed by atoms with Crippen LogP contribution in [0.3, 0.4) is 0 Å². The van der Waals surface area contributed by atoms with Crippen molar-refractivity contribution in [1.82, 2.24) is 20.5 Å². The van der Waals surface area contributed by atoms with Crippen molar-refractivity contribution < 1.29 is 4.79 Å². The number of pyridine rings is 1. The zero-order chi connectivity index (χ0) is 18.1. The zero-order valence-corrected chi connectivity index (χ0v) is 15.7. The van der Waals surface area contributed by atoms with Gasteiger partial charge >= 0.3 is 0 Å². The van der Waals surface area contributed by atoms with Gasteiger partial charge in [0.15, 0.2) is 5.96 Å². The molecule has 0 aromatic carbocycles. The van der Waals surface area contributed by atoms with E-state index in [1.54, 1.807) is 19.0 Å². The molecule has 2 unspecified atom stereocenters. The van der Waals surface area contributed by atoms with Crippen LogP contribution in [0.15, 0.2) is 29.4 Å². The molecule has 1 fully saturated rings. The van der Waals surface area contributed by atoms with Gasteiger partial charge in [0.2, 0.25) is 5.91 Å². The van der Waals surface area contributed by atoms with E-state index in [1.807, 2.05) is 24.4 Å². The van der Waals surface area contributed by atoms with Gasteiger partial charge in [-0.25, -0.2) is 4.99 Å². The van der Waals surface area contributed by atoms with Crippen LogP contribution >= 0.6 is 0 Å². The second-order valence-corrected chi connectivity index (χ2v) is 6.96. The highest BCUT2D eigenvalue weighted by atomic mass is 16.2. The van der Waals surface area contributed by atoms with Gasteiger partial charge in [-0.05, 0) is 30.9 Å². The van der Waals surface area contributed by atoms with E-state index >= 15 is 0 Å². The van der Waals surface area contributed by atoms with Gasteiger partial charge in [-0.2, -0.15) is 0 Å². The number of carbonyl (C=O) groups is 1. The number of nitrogens with one attached hydrogen (secondary N) is 2. The Morgan fingerprint density at radius 1 is 1.32 bits per heavy atom. The van der Waals surface area contributed by atoms with E-state index in [0.29, 0.717) is 12.0 Å². The first kappa shape index (κ1) is 19.2. The molecule has 6 nitrogen and oxygen atoms in total. The fourth-order valence-corrected chi connectivity index (χ4v) is 3.00. The number of nitrogens with zero attached hydrogens (tertiary/aromatic N) is 3. The first-order valence-electron chi connectivity index (χ1n) is 9.21. The summed E-state index contributed by atoms with van der Waals surface area (Å²) in [6, 6.07) is 6.35. The van der Waals surface area contributed by atoms with Crippen LogP contribution in [0.2, 0.25) is 0 Å². The van der Waals surface area contributed by atoms with Gasteiger partial charge in [0.25, 0.3) is 0 Å². The maximum absolute atomic E-state index is 11.9. The van der Waals surface area contributed by atoms with Crippen LogP contribution < -0.4 is 10.6 Å². The molecule has 6 heteroatoms. The van der Waals surface area contributed by atoms with E-state index in [9.17, 15) is 4.79 Å². The average Bonchev–Trinajstić information content (AvgIpc) is 2.61. The van der Waals surface area contributed by atoms with Gasteiger partial charge in [0.1, 0.15) is 6.54 Å². The minimum atomic E-state index is 0.00233. The highest BCUT2D eigenvalue weighted by molar-refractivity contribution is 5.84. The number of rotatable bonds is 6. The molecule has 25 heavy (non-hydrogen) atoms. The largest absolute Gasteiger partial charge is 0.356 e. The lowest BCUT2D eigenvalue weighted by molar-refractivity contribution is -0.127. The number of aliphatic imine (C=N–C) groups is 1. The summed E-state index contributed by atoms with van der Waals surface area (Å²) >= 11 is 0. The van der Waals surface area contributed by atoms with Crippen molar-refractivity contribution in [2.45, 2.75) is 45.1 Å². The van der Waals surface area contributed by atoms with Crippen molar-refractivity contribution in [1.29, 1.82) is 0 Å². The summed E-state index contributed by atoms with van der Waals surface area (Å²) in [4.78, 5) is 22.2. The molecule has 138 valence electrons. The molecule has 1 aromatic rings. The molecule has 1 saturated carbocycles. The van der Waals surface area contributed by atoms with Crippen LogP contribution in [0.25, 0.3) is 0 Å². The number of likely N-dealkylation sites (N-methyl/N-ethyl adjacent to an activating group) is 1. The van der Waals surface area contributed by atoms with E-state index in [2.05, 4.69) is 27.5 Å². The SMILES string of the molecule is CC1CCCCC1NC(=NCC(=O)N(C)C)NCCc1ccccn1. The highest BCUT2D eigenvalue weighted by Gasteiger charge is 2.22. The molecule has 0 radical (unpaired) electrons. The van der Waals surface area contributed by atoms with Crippen LogP contribution in [0, 0.1) is 5.92 Å². The summed E-state index contributed by atoms with van der Waals surface area (Å²) in [5.41, 5.74) is 1.05. The van der Waals surface area contributed by atoms with Crippen LogP contribution in [0.5, 0.6) is 0 Å². The molecule has 0 saturated heterocycles. The van der Waals surface area contributed by atoms with Crippen LogP contribution in [0.1, 0.15) is 38.3 Å². The monoisotopic (exact) mass is 345 g/mol.